The quantitative estimate of drug-likeness (QED) is 0.588. The van der Waals surface area contributed by atoms with Crippen molar-refractivity contribution in [2.75, 3.05) is 13.2 Å². The predicted octanol–water partition coefficient (Wildman–Crippen LogP) is 5.24. The fraction of sp³-hybridized carbons (Fsp3) is 0.391. The zero-order chi connectivity index (χ0) is 20.5. The van der Waals surface area contributed by atoms with E-state index in [0.29, 0.717) is 24.0 Å². The van der Waals surface area contributed by atoms with Gasteiger partial charge in [-0.05, 0) is 58.0 Å². The molecule has 2 aromatic heterocycles. The number of imidazole rings is 1. The number of aryl methyl sites for hydroxylation is 2. The van der Waals surface area contributed by atoms with Crippen molar-refractivity contribution < 1.29 is 9.47 Å². The molecule has 0 radical (unpaired) electrons. The largest absolute Gasteiger partial charge is 0.492 e. The molecule has 3 heterocycles. The number of rotatable bonds is 4. The van der Waals surface area contributed by atoms with Crippen LogP contribution in [0.3, 0.4) is 0 Å². The minimum absolute atomic E-state index is 0.121. The molecule has 0 saturated carbocycles. The second-order valence-electron chi connectivity index (χ2n) is 7.49. The van der Waals surface area contributed by atoms with Crippen LogP contribution >= 0.6 is 11.6 Å². The highest BCUT2D eigenvalue weighted by molar-refractivity contribution is 6.32. The first-order valence-electron chi connectivity index (χ1n) is 10.1. The molecule has 0 fully saturated rings. The third kappa shape index (κ3) is 4.02. The number of hydrogen-bond donors (Lipinski definition) is 0. The first-order valence-corrected chi connectivity index (χ1v) is 10.4. The highest BCUT2D eigenvalue weighted by atomic mass is 35.5. The van der Waals surface area contributed by atoms with Gasteiger partial charge in [0.25, 0.3) is 0 Å². The van der Waals surface area contributed by atoms with Crippen molar-refractivity contribution in [2.24, 2.45) is 0 Å². The monoisotopic (exact) mass is 411 g/mol. The summed E-state index contributed by atoms with van der Waals surface area (Å²) in [6.07, 6.45) is 0.939. The zero-order valence-corrected chi connectivity index (χ0v) is 18.1. The number of aromatic nitrogens is 3. The van der Waals surface area contributed by atoms with Crippen LogP contribution in [-0.2, 0) is 17.7 Å². The molecule has 4 rings (SSSR count). The van der Waals surface area contributed by atoms with Crippen molar-refractivity contribution in [1.82, 2.24) is 14.5 Å². The third-order valence-electron chi connectivity index (χ3n) is 5.10. The molecule has 0 saturated heterocycles. The van der Waals surface area contributed by atoms with Crippen LogP contribution < -0.4 is 4.74 Å². The Kier molecular flexibility index (Phi) is 5.61. The van der Waals surface area contributed by atoms with E-state index in [-0.39, 0.29) is 6.10 Å². The molecule has 3 aromatic rings. The standard InChI is InChI=1S/C23H26ClN3O2/c1-5-28-21-7-6-17(12-19(21)24)23-26-22(18-10-14(2)25-15(3)11-18)20-8-9-29-16(4)13-27(20)23/h6-7,10-12,16H,5,8-9,13H2,1-4H3/t16-/m0/s1. The Hall–Kier alpha value is -2.37. The summed E-state index contributed by atoms with van der Waals surface area (Å²) in [4.78, 5) is 9.60. The van der Waals surface area contributed by atoms with Gasteiger partial charge in [0.1, 0.15) is 11.6 Å². The number of halogens is 1. The normalized spacial score (nSPS) is 16.4. The van der Waals surface area contributed by atoms with E-state index in [2.05, 4.69) is 28.6 Å². The fourth-order valence-corrected chi connectivity index (χ4v) is 4.17. The van der Waals surface area contributed by atoms with E-state index < -0.39 is 0 Å². The lowest BCUT2D eigenvalue weighted by Gasteiger charge is -2.13. The maximum Gasteiger partial charge on any atom is 0.141 e. The molecule has 5 nitrogen and oxygen atoms in total. The van der Waals surface area contributed by atoms with Gasteiger partial charge in [0.15, 0.2) is 0 Å². The second kappa shape index (κ2) is 8.17. The number of hydrogen-bond acceptors (Lipinski definition) is 4. The van der Waals surface area contributed by atoms with Gasteiger partial charge in [0, 0.05) is 34.6 Å². The lowest BCUT2D eigenvalue weighted by Crippen LogP contribution is -2.15. The molecule has 0 amide bonds. The van der Waals surface area contributed by atoms with E-state index in [4.69, 9.17) is 26.1 Å². The highest BCUT2D eigenvalue weighted by Gasteiger charge is 2.24. The van der Waals surface area contributed by atoms with Gasteiger partial charge in [-0.2, -0.15) is 0 Å². The molecular formula is C23H26ClN3O2. The first-order chi connectivity index (χ1) is 14.0. The van der Waals surface area contributed by atoms with Crippen LogP contribution in [0.2, 0.25) is 5.02 Å². The zero-order valence-electron chi connectivity index (χ0n) is 17.3. The van der Waals surface area contributed by atoms with Gasteiger partial charge in [0.2, 0.25) is 0 Å². The fourth-order valence-electron chi connectivity index (χ4n) is 3.94. The van der Waals surface area contributed by atoms with Crippen molar-refractivity contribution in [2.45, 2.75) is 46.8 Å². The summed E-state index contributed by atoms with van der Waals surface area (Å²) in [5.74, 6) is 1.60. The molecule has 0 aliphatic carbocycles. The van der Waals surface area contributed by atoms with Crippen LogP contribution in [0.15, 0.2) is 30.3 Å². The Morgan fingerprint density at radius 3 is 2.59 bits per heavy atom. The van der Waals surface area contributed by atoms with E-state index in [1.807, 2.05) is 39.0 Å². The maximum absolute atomic E-state index is 6.47. The van der Waals surface area contributed by atoms with Crippen molar-refractivity contribution >= 4 is 11.6 Å². The molecule has 0 bridgehead atoms. The SMILES string of the molecule is CCOc1ccc(-c2nc(-c3cc(C)nc(C)c3)c3n2C[C@H](C)OCC3)cc1Cl. The minimum atomic E-state index is 0.121. The van der Waals surface area contributed by atoms with Gasteiger partial charge in [-0.3, -0.25) is 4.98 Å². The van der Waals surface area contributed by atoms with Crippen molar-refractivity contribution in [3.05, 3.63) is 52.4 Å². The average molecular weight is 412 g/mol. The summed E-state index contributed by atoms with van der Waals surface area (Å²) < 4.78 is 13.8. The van der Waals surface area contributed by atoms with Crippen LogP contribution in [0.4, 0.5) is 0 Å². The van der Waals surface area contributed by atoms with Crippen LogP contribution in [0.1, 0.15) is 30.9 Å². The van der Waals surface area contributed by atoms with Gasteiger partial charge in [0.05, 0.1) is 36.6 Å². The van der Waals surface area contributed by atoms with Gasteiger partial charge in [-0.25, -0.2) is 4.98 Å². The maximum atomic E-state index is 6.47. The molecule has 29 heavy (non-hydrogen) atoms. The second-order valence-corrected chi connectivity index (χ2v) is 7.90. The van der Waals surface area contributed by atoms with E-state index in [0.717, 1.165) is 47.0 Å². The lowest BCUT2D eigenvalue weighted by atomic mass is 10.1. The van der Waals surface area contributed by atoms with Gasteiger partial charge in [-0.1, -0.05) is 11.6 Å². The van der Waals surface area contributed by atoms with Gasteiger partial charge in [-0.15, -0.1) is 0 Å². The topological polar surface area (TPSA) is 49.2 Å². The lowest BCUT2D eigenvalue weighted by molar-refractivity contribution is 0.0666. The predicted molar refractivity (Wildman–Crippen MR) is 116 cm³/mol. The molecular weight excluding hydrogens is 386 g/mol. The summed E-state index contributed by atoms with van der Waals surface area (Å²) in [6.45, 7) is 10.1. The number of pyridine rings is 1. The number of nitrogens with zero attached hydrogens (tertiary/aromatic N) is 3. The summed E-state index contributed by atoms with van der Waals surface area (Å²) in [5, 5.41) is 0.594. The van der Waals surface area contributed by atoms with Crippen LogP contribution in [0.25, 0.3) is 22.6 Å². The molecule has 0 unspecified atom stereocenters. The van der Waals surface area contributed by atoms with Crippen LogP contribution in [0, 0.1) is 13.8 Å². The van der Waals surface area contributed by atoms with E-state index in [1.54, 1.807) is 0 Å². The summed E-state index contributed by atoms with van der Waals surface area (Å²) in [7, 11) is 0. The highest BCUT2D eigenvalue weighted by Crippen LogP contribution is 2.35. The Labute approximate surface area is 176 Å². The number of benzene rings is 1. The molecule has 1 aromatic carbocycles. The molecule has 0 spiro atoms. The summed E-state index contributed by atoms with van der Waals surface area (Å²) in [6, 6.07) is 10.1. The van der Waals surface area contributed by atoms with Gasteiger partial charge < -0.3 is 14.0 Å². The smallest absolute Gasteiger partial charge is 0.141 e. The van der Waals surface area contributed by atoms with Crippen LogP contribution in [-0.4, -0.2) is 33.9 Å². The molecule has 1 aliphatic rings. The Balaban J connectivity index is 1.88. The van der Waals surface area contributed by atoms with Crippen molar-refractivity contribution in [3.63, 3.8) is 0 Å². The number of ether oxygens (including phenoxy) is 2. The van der Waals surface area contributed by atoms with Crippen molar-refractivity contribution in [1.29, 1.82) is 0 Å². The van der Waals surface area contributed by atoms with E-state index in [9.17, 15) is 0 Å². The Morgan fingerprint density at radius 2 is 1.90 bits per heavy atom. The summed E-state index contributed by atoms with van der Waals surface area (Å²) in [5.41, 5.74) is 6.24. The Morgan fingerprint density at radius 1 is 1.14 bits per heavy atom. The Bertz CT molecular complexity index is 1020. The molecule has 1 atom stereocenters. The van der Waals surface area contributed by atoms with E-state index in [1.165, 1.54) is 5.69 Å². The summed E-state index contributed by atoms with van der Waals surface area (Å²) >= 11 is 6.47. The van der Waals surface area contributed by atoms with Gasteiger partial charge >= 0.3 is 0 Å². The molecule has 0 N–H and O–H groups in total. The minimum Gasteiger partial charge on any atom is -0.492 e. The number of fused-ring (bicyclic) bond motifs is 1. The molecule has 6 heteroatoms. The third-order valence-corrected chi connectivity index (χ3v) is 5.39. The first kappa shape index (κ1) is 19.9. The molecule has 152 valence electrons. The van der Waals surface area contributed by atoms with Crippen LogP contribution in [0.5, 0.6) is 5.75 Å². The molecule has 1 aliphatic heterocycles. The van der Waals surface area contributed by atoms with E-state index >= 15 is 0 Å². The van der Waals surface area contributed by atoms with Crippen molar-refractivity contribution in [3.8, 4) is 28.4 Å². The average Bonchev–Trinajstić information content (AvgIpc) is 2.89.